The van der Waals surface area contributed by atoms with E-state index >= 15 is 0 Å². The molecule has 0 spiro atoms. The van der Waals surface area contributed by atoms with E-state index in [1.54, 1.807) is 13.0 Å². The number of carboxylic acid groups (broad SMARTS) is 1. The lowest BCUT2D eigenvalue weighted by Crippen LogP contribution is -1.95. The number of anilines is 1. The molecule has 2 rings (SSSR count). The highest BCUT2D eigenvalue weighted by Crippen LogP contribution is 2.28. The van der Waals surface area contributed by atoms with Gasteiger partial charge in [0.2, 0.25) is 0 Å². The maximum absolute atomic E-state index is 10.8. The molecule has 3 heteroatoms. The molecule has 0 aliphatic heterocycles. The van der Waals surface area contributed by atoms with Crippen LogP contribution in [-0.4, -0.2) is 11.1 Å². The summed E-state index contributed by atoms with van der Waals surface area (Å²) in [4.78, 5) is 10.8. The minimum atomic E-state index is -0.906. The van der Waals surface area contributed by atoms with E-state index in [9.17, 15) is 4.79 Å². The molecular formula is C17H17NO2. The van der Waals surface area contributed by atoms with Crippen LogP contribution in [-0.2, 0) is 4.79 Å². The number of hydrogen-bond acceptors (Lipinski definition) is 2. The first-order chi connectivity index (χ1) is 9.49. The standard InChI is InChI=1S/C17H17NO2/c1-11-4-3-5-15(16(11)18)14-8-6-13(7-9-14)10-12(2)17(19)20/h3-10H,18H2,1-2H3,(H,19,20). The van der Waals surface area contributed by atoms with Crippen LogP contribution in [0.4, 0.5) is 5.69 Å². The highest BCUT2D eigenvalue weighted by atomic mass is 16.4. The maximum Gasteiger partial charge on any atom is 0.331 e. The molecule has 0 aliphatic rings. The molecule has 0 atom stereocenters. The van der Waals surface area contributed by atoms with Gasteiger partial charge in [-0.3, -0.25) is 0 Å². The number of aryl methyl sites for hydroxylation is 1. The average molecular weight is 267 g/mol. The molecule has 20 heavy (non-hydrogen) atoms. The normalized spacial score (nSPS) is 11.4. The molecule has 0 unspecified atom stereocenters. The van der Waals surface area contributed by atoms with Gasteiger partial charge in [0, 0.05) is 16.8 Å². The van der Waals surface area contributed by atoms with Crippen LogP contribution in [0.1, 0.15) is 18.1 Å². The Bertz CT molecular complexity index is 670. The van der Waals surface area contributed by atoms with E-state index in [1.165, 1.54) is 0 Å². The second-order valence-corrected chi connectivity index (χ2v) is 4.79. The van der Waals surface area contributed by atoms with Gasteiger partial charge in [-0.2, -0.15) is 0 Å². The zero-order chi connectivity index (χ0) is 14.7. The lowest BCUT2D eigenvalue weighted by atomic mass is 9.99. The summed E-state index contributed by atoms with van der Waals surface area (Å²) >= 11 is 0. The van der Waals surface area contributed by atoms with Crippen LogP contribution in [0.5, 0.6) is 0 Å². The fraction of sp³-hybridized carbons (Fsp3) is 0.118. The van der Waals surface area contributed by atoms with Crippen LogP contribution < -0.4 is 5.73 Å². The molecule has 0 bridgehead atoms. The molecule has 0 aliphatic carbocycles. The van der Waals surface area contributed by atoms with Gasteiger partial charge in [-0.15, -0.1) is 0 Å². The van der Waals surface area contributed by atoms with Gasteiger partial charge < -0.3 is 10.8 Å². The van der Waals surface area contributed by atoms with Crippen LogP contribution in [0.25, 0.3) is 17.2 Å². The monoisotopic (exact) mass is 267 g/mol. The molecule has 0 amide bonds. The topological polar surface area (TPSA) is 63.3 Å². The van der Waals surface area contributed by atoms with Gasteiger partial charge in [0.1, 0.15) is 0 Å². The Hall–Kier alpha value is -2.55. The highest BCUT2D eigenvalue weighted by molar-refractivity contribution is 5.91. The Morgan fingerprint density at radius 1 is 1.15 bits per heavy atom. The van der Waals surface area contributed by atoms with Crippen LogP contribution in [0.3, 0.4) is 0 Å². The van der Waals surface area contributed by atoms with Gasteiger partial charge in [-0.1, -0.05) is 42.5 Å². The molecule has 0 heterocycles. The first kappa shape index (κ1) is 13.9. The Morgan fingerprint density at radius 2 is 1.80 bits per heavy atom. The zero-order valence-corrected chi connectivity index (χ0v) is 11.6. The van der Waals surface area contributed by atoms with E-state index in [2.05, 4.69) is 0 Å². The van der Waals surface area contributed by atoms with Gasteiger partial charge in [0.05, 0.1) is 0 Å². The largest absolute Gasteiger partial charge is 0.478 e. The number of para-hydroxylation sites is 1. The number of aliphatic carboxylic acids is 1. The second-order valence-electron chi connectivity index (χ2n) is 4.79. The van der Waals surface area contributed by atoms with E-state index < -0.39 is 5.97 Å². The minimum absolute atomic E-state index is 0.313. The smallest absolute Gasteiger partial charge is 0.331 e. The molecular weight excluding hydrogens is 250 g/mol. The third kappa shape index (κ3) is 2.88. The van der Waals surface area contributed by atoms with Crippen molar-refractivity contribution in [2.75, 3.05) is 5.73 Å². The van der Waals surface area contributed by atoms with E-state index in [-0.39, 0.29) is 0 Å². The van der Waals surface area contributed by atoms with Crippen molar-refractivity contribution in [3.05, 3.63) is 59.2 Å². The summed E-state index contributed by atoms with van der Waals surface area (Å²) in [6.07, 6.45) is 1.64. The summed E-state index contributed by atoms with van der Waals surface area (Å²) in [6, 6.07) is 13.6. The molecule has 102 valence electrons. The molecule has 2 aromatic rings. The first-order valence-corrected chi connectivity index (χ1v) is 6.36. The summed E-state index contributed by atoms with van der Waals surface area (Å²) in [5, 5.41) is 8.86. The maximum atomic E-state index is 10.8. The van der Waals surface area contributed by atoms with Crippen molar-refractivity contribution in [3.8, 4) is 11.1 Å². The number of rotatable bonds is 3. The summed E-state index contributed by atoms with van der Waals surface area (Å²) in [6.45, 7) is 3.56. The number of benzene rings is 2. The molecule has 0 radical (unpaired) electrons. The van der Waals surface area contributed by atoms with E-state index in [0.717, 1.165) is 27.9 Å². The van der Waals surface area contributed by atoms with E-state index in [4.69, 9.17) is 10.8 Å². The van der Waals surface area contributed by atoms with Crippen molar-refractivity contribution >= 4 is 17.7 Å². The van der Waals surface area contributed by atoms with Crippen molar-refractivity contribution in [2.24, 2.45) is 0 Å². The number of hydrogen-bond donors (Lipinski definition) is 2. The Balaban J connectivity index is 2.36. The van der Waals surface area contributed by atoms with Crippen LogP contribution >= 0.6 is 0 Å². The van der Waals surface area contributed by atoms with Crippen molar-refractivity contribution in [3.63, 3.8) is 0 Å². The molecule has 0 saturated heterocycles. The fourth-order valence-electron chi connectivity index (χ4n) is 2.00. The van der Waals surface area contributed by atoms with Crippen molar-refractivity contribution in [2.45, 2.75) is 13.8 Å². The lowest BCUT2D eigenvalue weighted by molar-refractivity contribution is -0.132. The Morgan fingerprint density at radius 3 is 2.40 bits per heavy atom. The fourth-order valence-corrected chi connectivity index (χ4v) is 2.00. The quantitative estimate of drug-likeness (QED) is 0.658. The summed E-state index contributed by atoms with van der Waals surface area (Å²) in [5.41, 5.74) is 11.1. The highest BCUT2D eigenvalue weighted by Gasteiger charge is 2.05. The first-order valence-electron chi connectivity index (χ1n) is 6.36. The third-order valence-corrected chi connectivity index (χ3v) is 3.27. The summed E-state index contributed by atoms with van der Waals surface area (Å²) in [7, 11) is 0. The number of carbonyl (C=O) groups is 1. The van der Waals surface area contributed by atoms with Crippen LogP contribution in [0, 0.1) is 6.92 Å². The van der Waals surface area contributed by atoms with Crippen molar-refractivity contribution in [1.82, 2.24) is 0 Å². The number of carboxylic acids is 1. The molecule has 3 nitrogen and oxygen atoms in total. The summed E-state index contributed by atoms with van der Waals surface area (Å²) in [5.74, 6) is -0.906. The van der Waals surface area contributed by atoms with Gasteiger partial charge in [-0.05, 0) is 36.6 Å². The lowest BCUT2D eigenvalue weighted by Gasteiger charge is -2.08. The van der Waals surface area contributed by atoms with Crippen LogP contribution in [0.2, 0.25) is 0 Å². The number of nitrogens with two attached hydrogens (primary N) is 1. The second kappa shape index (κ2) is 5.61. The van der Waals surface area contributed by atoms with Crippen molar-refractivity contribution in [1.29, 1.82) is 0 Å². The van der Waals surface area contributed by atoms with Crippen molar-refractivity contribution < 1.29 is 9.90 Å². The molecule has 0 fully saturated rings. The molecule has 0 aromatic heterocycles. The molecule has 2 aromatic carbocycles. The zero-order valence-electron chi connectivity index (χ0n) is 11.6. The minimum Gasteiger partial charge on any atom is -0.478 e. The van der Waals surface area contributed by atoms with Gasteiger partial charge in [0.25, 0.3) is 0 Å². The Kier molecular flexibility index (Phi) is 3.89. The van der Waals surface area contributed by atoms with Gasteiger partial charge in [-0.25, -0.2) is 4.79 Å². The molecule has 0 saturated carbocycles. The average Bonchev–Trinajstić information content (AvgIpc) is 2.43. The molecule has 3 N–H and O–H groups in total. The predicted molar refractivity (Wildman–Crippen MR) is 82.3 cm³/mol. The Labute approximate surface area is 118 Å². The van der Waals surface area contributed by atoms with Gasteiger partial charge in [0.15, 0.2) is 0 Å². The SMILES string of the molecule is CC(=Cc1ccc(-c2cccc(C)c2N)cc1)C(=O)O. The summed E-state index contributed by atoms with van der Waals surface area (Å²) < 4.78 is 0. The third-order valence-electron chi connectivity index (χ3n) is 3.27. The van der Waals surface area contributed by atoms with E-state index in [1.807, 2.05) is 49.4 Å². The van der Waals surface area contributed by atoms with E-state index in [0.29, 0.717) is 5.57 Å². The van der Waals surface area contributed by atoms with Gasteiger partial charge >= 0.3 is 5.97 Å². The van der Waals surface area contributed by atoms with Crippen LogP contribution in [0.15, 0.2) is 48.0 Å². The predicted octanol–water partition coefficient (Wildman–Crippen LogP) is 3.73. The number of nitrogen functional groups attached to an aromatic ring is 1.